The minimum Gasteiger partial charge on any atom is -0.497 e. The smallest absolute Gasteiger partial charge is 0.248 e. The summed E-state index contributed by atoms with van der Waals surface area (Å²) in [7, 11) is 1.49. The first-order valence-electron chi connectivity index (χ1n) is 5.57. The summed E-state index contributed by atoms with van der Waals surface area (Å²) in [6.07, 6.45) is 0.0404. The van der Waals surface area contributed by atoms with Crippen molar-refractivity contribution in [1.82, 2.24) is 0 Å². The van der Waals surface area contributed by atoms with Crippen LogP contribution >= 0.6 is 0 Å². The van der Waals surface area contributed by atoms with Crippen molar-refractivity contribution < 1.29 is 19.1 Å². The van der Waals surface area contributed by atoms with Crippen LogP contribution in [0.2, 0.25) is 0 Å². The highest BCUT2D eigenvalue weighted by Crippen LogP contribution is 2.23. The van der Waals surface area contributed by atoms with Crippen LogP contribution in [0.5, 0.6) is 11.5 Å². The predicted molar refractivity (Wildman–Crippen MR) is 66.9 cm³/mol. The summed E-state index contributed by atoms with van der Waals surface area (Å²) in [6, 6.07) is 4.70. The van der Waals surface area contributed by atoms with Crippen molar-refractivity contribution in [1.29, 1.82) is 0 Å². The van der Waals surface area contributed by atoms with Gasteiger partial charge >= 0.3 is 0 Å². The van der Waals surface area contributed by atoms with Gasteiger partial charge in [0.15, 0.2) is 0 Å². The molecule has 2 N–H and O–H groups in total. The largest absolute Gasteiger partial charge is 0.497 e. The maximum Gasteiger partial charge on any atom is 0.248 e. The van der Waals surface area contributed by atoms with Crippen molar-refractivity contribution in [2.24, 2.45) is 5.73 Å². The zero-order valence-electron chi connectivity index (χ0n) is 10.7. The number of ether oxygens (including phenoxy) is 2. The maximum atomic E-state index is 11.1. The van der Waals surface area contributed by atoms with Crippen LogP contribution in [0.3, 0.4) is 0 Å². The number of carbonyl (C=O) groups excluding carboxylic acids is 2. The number of amides is 1. The molecule has 98 valence electrons. The van der Waals surface area contributed by atoms with E-state index in [0.717, 1.165) is 0 Å². The van der Waals surface area contributed by atoms with Gasteiger partial charge in [-0.3, -0.25) is 9.59 Å². The van der Waals surface area contributed by atoms with Crippen LogP contribution in [-0.4, -0.2) is 24.9 Å². The summed E-state index contributed by atoms with van der Waals surface area (Å²) < 4.78 is 10.6. The molecule has 0 saturated carbocycles. The van der Waals surface area contributed by atoms with Gasteiger partial charge in [-0.05, 0) is 26.0 Å². The molecule has 1 rings (SSSR count). The highest BCUT2D eigenvalue weighted by Gasteiger charge is 2.11. The molecular weight excluding hydrogens is 234 g/mol. The molecule has 0 fully saturated rings. The number of hydrogen-bond acceptors (Lipinski definition) is 4. The number of hydrogen-bond donors (Lipinski definition) is 1. The lowest BCUT2D eigenvalue weighted by molar-refractivity contribution is -0.118. The van der Waals surface area contributed by atoms with E-state index in [1.54, 1.807) is 13.0 Å². The minimum absolute atomic E-state index is 0.0421. The fraction of sp³-hybridized carbons (Fsp3) is 0.385. The third-order valence-corrected chi connectivity index (χ3v) is 2.31. The average Bonchev–Trinajstić information content (AvgIpc) is 2.27. The number of primary amides is 1. The van der Waals surface area contributed by atoms with Gasteiger partial charge in [-0.25, -0.2) is 0 Å². The van der Waals surface area contributed by atoms with Crippen molar-refractivity contribution >= 4 is 11.7 Å². The molecule has 0 radical (unpaired) electrons. The summed E-state index contributed by atoms with van der Waals surface area (Å²) in [4.78, 5) is 22.1. The Morgan fingerprint density at radius 1 is 1.28 bits per heavy atom. The molecular formula is C13H17NO4. The maximum absolute atomic E-state index is 11.1. The van der Waals surface area contributed by atoms with Gasteiger partial charge in [0.25, 0.3) is 0 Å². The first-order valence-corrected chi connectivity index (χ1v) is 5.57. The molecule has 1 unspecified atom stereocenters. The van der Waals surface area contributed by atoms with Crippen molar-refractivity contribution in [2.45, 2.75) is 26.4 Å². The number of Topliss-reactive ketones (excluding diaryl/α,β-unsaturated/α-hetero) is 1. The fourth-order valence-corrected chi connectivity index (χ4v) is 1.58. The topological polar surface area (TPSA) is 78.6 Å². The second-order valence-electron chi connectivity index (χ2n) is 4.10. The summed E-state index contributed by atoms with van der Waals surface area (Å²) in [6.45, 7) is 3.28. The summed E-state index contributed by atoms with van der Waals surface area (Å²) in [5, 5.41) is 0. The molecule has 1 aromatic rings. The molecule has 0 aromatic heterocycles. The van der Waals surface area contributed by atoms with Crippen molar-refractivity contribution in [3.8, 4) is 11.5 Å². The zero-order chi connectivity index (χ0) is 13.7. The van der Waals surface area contributed by atoms with Crippen LogP contribution < -0.4 is 15.2 Å². The Hall–Kier alpha value is -2.04. The quantitative estimate of drug-likeness (QED) is 0.831. The van der Waals surface area contributed by atoms with E-state index in [1.165, 1.54) is 26.2 Å². The fourth-order valence-electron chi connectivity index (χ4n) is 1.58. The second kappa shape index (κ2) is 6.05. The number of rotatable bonds is 6. The molecule has 5 heteroatoms. The number of benzene rings is 1. The van der Waals surface area contributed by atoms with Gasteiger partial charge < -0.3 is 15.2 Å². The average molecular weight is 251 g/mol. The first-order chi connectivity index (χ1) is 8.42. The highest BCUT2D eigenvalue weighted by molar-refractivity contribution is 5.93. The molecule has 18 heavy (non-hydrogen) atoms. The molecule has 5 nitrogen and oxygen atoms in total. The van der Waals surface area contributed by atoms with E-state index < -0.39 is 5.91 Å². The van der Waals surface area contributed by atoms with E-state index in [-0.39, 0.29) is 11.9 Å². The van der Waals surface area contributed by atoms with Gasteiger partial charge in [0.1, 0.15) is 23.4 Å². The van der Waals surface area contributed by atoms with Crippen LogP contribution in [0.4, 0.5) is 0 Å². The molecule has 0 saturated heterocycles. The molecule has 0 bridgehead atoms. The first kappa shape index (κ1) is 14.0. The number of ketones is 1. The zero-order valence-corrected chi connectivity index (χ0v) is 10.7. The molecule has 0 aliphatic carbocycles. The van der Waals surface area contributed by atoms with Gasteiger partial charge in [-0.15, -0.1) is 0 Å². The van der Waals surface area contributed by atoms with Crippen LogP contribution in [0.1, 0.15) is 30.6 Å². The van der Waals surface area contributed by atoms with E-state index in [1.807, 2.05) is 0 Å². The number of nitrogens with two attached hydrogens (primary N) is 1. The molecule has 1 aromatic carbocycles. The van der Waals surface area contributed by atoms with Gasteiger partial charge in [-0.1, -0.05) is 0 Å². The third-order valence-electron chi connectivity index (χ3n) is 2.31. The lowest BCUT2D eigenvalue weighted by Gasteiger charge is -2.14. The number of carbonyl (C=O) groups is 2. The van der Waals surface area contributed by atoms with Crippen LogP contribution in [-0.2, 0) is 4.79 Å². The lowest BCUT2D eigenvalue weighted by Crippen LogP contribution is -2.16. The van der Waals surface area contributed by atoms with Gasteiger partial charge in [0, 0.05) is 18.1 Å². The summed E-state index contributed by atoms with van der Waals surface area (Å²) in [5.74, 6) is 0.423. The van der Waals surface area contributed by atoms with Gasteiger partial charge in [0.05, 0.1) is 7.11 Å². The second-order valence-corrected chi connectivity index (χ2v) is 4.10. The monoisotopic (exact) mass is 251 g/mol. The normalized spacial score (nSPS) is 11.7. The third kappa shape index (κ3) is 4.08. The Bertz CT molecular complexity index is 456. The molecule has 0 spiro atoms. The van der Waals surface area contributed by atoms with Crippen LogP contribution in [0, 0.1) is 0 Å². The Kier molecular flexibility index (Phi) is 4.71. The lowest BCUT2D eigenvalue weighted by atomic mass is 10.2. The van der Waals surface area contributed by atoms with E-state index >= 15 is 0 Å². The Morgan fingerprint density at radius 2 is 1.89 bits per heavy atom. The van der Waals surface area contributed by atoms with E-state index in [4.69, 9.17) is 15.2 Å². The van der Waals surface area contributed by atoms with E-state index in [0.29, 0.717) is 23.5 Å². The van der Waals surface area contributed by atoms with E-state index in [9.17, 15) is 9.59 Å². The molecule has 1 atom stereocenters. The van der Waals surface area contributed by atoms with Gasteiger partial charge in [0.2, 0.25) is 5.91 Å². The molecule has 0 heterocycles. The van der Waals surface area contributed by atoms with Crippen LogP contribution in [0.25, 0.3) is 0 Å². The molecule has 0 aliphatic rings. The Balaban J connectivity index is 2.90. The Morgan fingerprint density at radius 3 is 2.39 bits per heavy atom. The van der Waals surface area contributed by atoms with Crippen molar-refractivity contribution in [2.75, 3.05) is 7.11 Å². The summed E-state index contributed by atoms with van der Waals surface area (Å²) in [5.41, 5.74) is 5.52. The van der Waals surface area contributed by atoms with Crippen molar-refractivity contribution in [3.63, 3.8) is 0 Å². The highest BCUT2D eigenvalue weighted by atomic mass is 16.5. The predicted octanol–water partition coefficient (Wildman–Crippen LogP) is 1.54. The minimum atomic E-state index is -0.557. The van der Waals surface area contributed by atoms with Gasteiger partial charge in [-0.2, -0.15) is 0 Å². The van der Waals surface area contributed by atoms with Crippen molar-refractivity contribution in [3.05, 3.63) is 23.8 Å². The SMILES string of the molecule is COc1cc(OC(C)CC(C)=O)cc(C(N)=O)c1. The van der Waals surface area contributed by atoms with Crippen LogP contribution in [0.15, 0.2) is 18.2 Å². The Labute approximate surface area is 106 Å². The molecule has 0 aliphatic heterocycles. The number of methoxy groups -OCH3 is 1. The van der Waals surface area contributed by atoms with E-state index in [2.05, 4.69) is 0 Å². The standard InChI is InChI=1S/C13H17NO4/c1-8(15)4-9(2)18-12-6-10(13(14)16)5-11(7-12)17-3/h5-7,9H,4H2,1-3H3,(H2,14,16). The molecule has 1 amide bonds. The summed E-state index contributed by atoms with van der Waals surface area (Å²) >= 11 is 0.